The Labute approximate surface area is 234 Å². The molecule has 0 N–H and O–H groups in total. The molecule has 0 atom stereocenters. The maximum Gasteiger partial charge on any atom is 0.254 e. The van der Waals surface area contributed by atoms with Crippen molar-refractivity contribution in [2.45, 2.75) is 18.9 Å². The molecule has 0 unspecified atom stereocenters. The van der Waals surface area contributed by atoms with Crippen LogP contribution >= 0.6 is 0 Å². The Morgan fingerprint density at radius 3 is 1.65 bits per heavy atom. The summed E-state index contributed by atoms with van der Waals surface area (Å²) in [6, 6.07) is 21.4. The van der Waals surface area contributed by atoms with Crippen molar-refractivity contribution < 1.29 is 9.59 Å². The third-order valence-electron chi connectivity index (χ3n) is 7.91. The SMILES string of the molecule is O=C(c1ccccc1)N1CCC(N2CCN(C(=O)c3cc(-c4ccncc4)nc(-c4ccncc4)c3)CC2)CC1. The Balaban J connectivity index is 1.11. The van der Waals surface area contributed by atoms with E-state index in [4.69, 9.17) is 4.98 Å². The summed E-state index contributed by atoms with van der Waals surface area (Å²) in [5, 5.41) is 0. The molecular formula is C32H32N6O2. The standard InChI is InChI=1S/C32H32N6O2/c39-31(26-4-2-1-3-5-26)37-16-10-28(11-17-37)36-18-20-38(21-19-36)32(40)27-22-29(24-6-12-33-13-7-24)35-30(23-27)25-8-14-34-15-9-25/h1-9,12-15,22-23,28H,10-11,16-21H2. The first-order chi connectivity index (χ1) is 19.7. The maximum atomic E-state index is 13.7. The lowest BCUT2D eigenvalue weighted by molar-refractivity contribution is 0.0412. The molecule has 2 aliphatic heterocycles. The lowest BCUT2D eigenvalue weighted by Gasteiger charge is -2.42. The van der Waals surface area contributed by atoms with E-state index in [9.17, 15) is 9.59 Å². The second-order valence-electron chi connectivity index (χ2n) is 10.3. The number of piperazine rings is 1. The van der Waals surface area contributed by atoms with Crippen LogP contribution in [0, 0.1) is 0 Å². The number of carbonyl (C=O) groups is 2. The number of hydrogen-bond donors (Lipinski definition) is 0. The van der Waals surface area contributed by atoms with E-state index in [0.717, 1.165) is 67.1 Å². The average molecular weight is 533 g/mol. The molecular weight excluding hydrogens is 500 g/mol. The van der Waals surface area contributed by atoms with Gasteiger partial charge >= 0.3 is 0 Å². The molecule has 1 aromatic carbocycles. The van der Waals surface area contributed by atoms with Gasteiger partial charge in [-0.3, -0.25) is 24.5 Å². The van der Waals surface area contributed by atoms with Gasteiger partial charge in [0.15, 0.2) is 0 Å². The van der Waals surface area contributed by atoms with Crippen molar-refractivity contribution >= 4 is 11.8 Å². The summed E-state index contributed by atoms with van der Waals surface area (Å²) in [4.78, 5) is 46.0. The number of hydrogen-bond acceptors (Lipinski definition) is 6. The van der Waals surface area contributed by atoms with Gasteiger partial charge in [-0.1, -0.05) is 18.2 Å². The monoisotopic (exact) mass is 532 g/mol. The summed E-state index contributed by atoms with van der Waals surface area (Å²) >= 11 is 0. The fourth-order valence-electron chi connectivity index (χ4n) is 5.67. The molecule has 0 spiro atoms. The van der Waals surface area contributed by atoms with Crippen LogP contribution < -0.4 is 0 Å². The lowest BCUT2D eigenvalue weighted by atomic mass is 10.0. The van der Waals surface area contributed by atoms with E-state index in [0.29, 0.717) is 24.7 Å². The molecule has 6 rings (SSSR count). The quantitative estimate of drug-likeness (QED) is 0.382. The molecule has 0 aliphatic carbocycles. The Morgan fingerprint density at radius 1 is 0.600 bits per heavy atom. The predicted octanol–water partition coefficient (Wildman–Crippen LogP) is 4.27. The highest BCUT2D eigenvalue weighted by Gasteiger charge is 2.31. The number of piperidine rings is 1. The second kappa shape index (κ2) is 11.8. The highest BCUT2D eigenvalue weighted by Crippen LogP contribution is 2.26. The van der Waals surface area contributed by atoms with Crippen molar-refractivity contribution in [1.29, 1.82) is 0 Å². The van der Waals surface area contributed by atoms with Crippen molar-refractivity contribution in [3.8, 4) is 22.5 Å². The number of pyridine rings is 3. The van der Waals surface area contributed by atoms with E-state index < -0.39 is 0 Å². The van der Waals surface area contributed by atoms with Gasteiger partial charge in [0.1, 0.15) is 0 Å². The Hall–Kier alpha value is -4.43. The van der Waals surface area contributed by atoms with Gasteiger partial charge in [0.05, 0.1) is 11.4 Å². The fourth-order valence-corrected chi connectivity index (χ4v) is 5.67. The van der Waals surface area contributed by atoms with Crippen LogP contribution in [0.25, 0.3) is 22.5 Å². The van der Waals surface area contributed by atoms with Crippen LogP contribution in [-0.4, -0.2) is 86.8 Å². The van der Waals surface area contributed by atoms with Crippen molar-refractivity contribution in [2.24, 2.45) is 0 Å². The van der Waals surface area contributed by atoms with Gasteiger partial charge in [-0.2, -0.15) is 0 Å². The van der Waals surface area contributed by atoms with Gasteiger partial charge < -0.3 is 9.80 Å². The minimum absolute atomic E-state index is 0.0240. The molecule has 0 radical (unpaired) electrons. The van der Waals surface area contributed by atoms with Crippen molar-refractivity contribution in [2.75, 3.05) is 39.3 Å². The number of carbonyl (C=O) groups excluding carboxylic acids is 2. The summed E-state index contributed by atoms with van der Waals surface area (Å²) < 4.78 is 0. The van der Waals surface area contributed by atoms with Gasteiger partial charge in [0, 0.05) is 92.4 Å². The van der Waals surface area contributed by atoms with Crippen LogP contribution in [0.5, 0.6) is 0 Å². The van der Waals surface area contributed by atoms with Crippen molar-refractivity contribution in [1.82, 2.24) is 29.7 Å². The molecule has 202 valence electrons. The van der Waals surface area contributed by atoms with Crippen molar-refractivity contribution in [3.05, 3.63) is 103 Å². The van der Waals surface area contributed by atoms with E-state index in [1.807, 2.05) is 76.5 Å². The molecule has 8 heteroatoms. The van der Waals surface area contributed by atoms with Gasteiger partial charge in [0.25, 0.3) is 11.8 Å². The number of aromatic nitrogens is 3. The van der Waals surface area contributed by atoms with Crippen LogP contribution in [0.15, 0.2) is 91.5 Å². The van der Waals surface area contributed by atoms with E-state index in [1.165, 1.54) is 0 Å². The number of amides is 2. The Bertz CT molecular complexity index is 1390. The highest BCUT2D eigenvalue weighted by molar-refractivity contribution is 5.96. The van der Waals surface area contributed by atoms with E-state index in [-0.39, 0.29) is 11.8 Å². The Kier molecular flexibility index (Phi) is 7.59. The second-order valence-corrected chi connectivity index (χ2v) is 10.3. The number of likely N-dealkylation sites (tertiary alicyclic amines) is 1. The summed E-state index contributed by atoms with van der Waals surface area (Å²) in [7, 11) is 0. The molecule has 2 fully saturated rings. The topological polar surface area (TPSA) is 82.5 Å². The lowest BCUT2D eigenvalue weighted by Crippen LogP contribution is -2.54. The zero-order valence-corrected chi connectivity index (χ0v) is 22.4. The zero-order chi connectivity index (χ0) is 27.3. The van der Waals surface area contributed by atoms with Crippen LogP contribution in [0.2, 0.25) is 0 Å². The Morgan fingerprint density at radius 2 is 1.10 bits per heavy atom. The van der Waals surface area contributed by atoms with Crippen molar-refractivity contribution in [3.63, 3.8) is 0 Å². The number of nitrogens with zero attached hydrogens (tertiary/aromatic N) is 6. The van der Waals surface area contributed by atoms with Crippen LogP contribution in [-0.2, 0) is 0 Å². The molecule has 2 saturated heterocycles. The maximum absolute atomic E-state index is 13.7. The summed E-state index contributed by atoms with van der Waals surface area (Å²) in [6.07, 6.45) is 8.86. The fraction of sp³-hybridized carbons (Fsp3) is 0.281. The van der Waals surface area contributed by atoms with Gasteiger partial charge in [-0.25, -0.2) is 4.98 Å². The molecule has 3 aromatic heterocycles. The minimum atomic E-state index is 0.0240. The van der Waals surface area contributed by atoms with E-state index >= 15 is 0 Å². The van der Waals surface area contributed by atoms with Gasteiger partial charge in [-0.05, 0) is 61.4 Å². The van der Waals surface area contributed by atoms with Gasteiger partial charge in [0.2, 0.25) is 0 Å². The molecule has 8 nitrogen and oxygen atoms in total. The molecule has 0 bridgehead atoms. The van der Waals surface area contributed by atoms with E-state index in [1.54, 1.807) is 24.8 Å². The normalized spacial score (nSPS) is 16.6. The van der Waals surface area contributed by atoms with Crippen LogP contribution in [0.3, 0.4) is 0 Å². The summed E-state index contributed by atoms with van der Waals surface area (Å²) in [5.41, 5.74) is 4.72. The minimum Gasteiger partial charge on any atom is -0.339 e. The molecule has 5 heterocycles. The highest BCUT2D eigenvalue weighted by atomic mass is 16.2. The largest absolute Gasteiger partial charge is 0.339 e. The summed E-state index contributed by atoms with van der Waals surface area (Å²) in [6.45, 7) is 4.57. The third kappa shape index (κ3) is 5.62. The van der Waals surface area contributed by atoms with Gasteiger partial charge in [-0.15, -0.1) is 0 Å². The molecule has 2 aliphatic rings. The first-order valence-electron chi connectivity index (χ1n) is 13.9. The molecule has 0 saturated carbocycles. The molecule has 4 aromatic rings. The average Bonchev–Trinajstić information content (AvgIpc) is 3.05. The first-order valence-corrected chi connectivity index (χ1v) is 13.9. The number of benzene rings is 1. The summed E-state index contributed by atoms with van der Waals surface area (Å²) in [5.74, 6) is 0.139. The zero-order valence-electron chi connectivity index (χ0n) is 22.4. The first kappa shape index (κ1) is 25.8. The molecule has 40 heavy (non-hydrogen) atoms. The predicted molar refractivity (Wildman–Crippen MR) is 154 cm³/mol. The van der Waals surface area contributed by atoms with E-state index in [2.05, 4.69) is 14.9 Å². The van der Waals surface area contributed by atoms with Crippen LogP contribution in [0.1, 0.15) is 33.6 Å². The van der Waals surface area contributed by atoms with Crippen LogP contribution in [0.4, 0.5) is 0 Å². The molecule has 2 amide bonds. The third-order valence-corrected chi connectivity index (χ3v) is 7.91. The smallest absolute Gasteiger partial charge is 0.254 e. The number of rotatable bonds is 5.